The Bertz CT molecular complexity index is 581. The van der Waals surface area contributed by atoms with Gasteiger partial charge in [-0.15, -0.1) is 11.3 Å². The molecule has 0 unspecified atom stereocenters. The number of nitrogens with one attached hydrogen (secondary N) is 1. The molecule has 7 heteroatoms. The molecule has 2 aromatic heterocycles. The van der Waals surface area contributed by atoms with Crippen LogP contribution in [-0.4, -0.2) is 35.0 Å². The predicted octanol–water partition coefficient (Wildman–Crippen LogP) is 1.24. The Labute approximate surface area is 115 Å². The Balaban J connectivity index is 2.01. The van der Waals surface area contributed by atoms with Crippen LogP contribution >= 0.6 is 11.3 Å². The van der Waals surface area contributed by atoms with E-state index in [1.54, 1.807) is 11.7 Å². The van der Waals surface area contributed by atoms with E-state index >= 15 is 0 Å². The van der Waals surface area contributed by atoms with Gasteiger partial charge in [0.15, 0.2) is 0 Å². The lowest BCUT2D eigenvalue weighted by molar-refractivity contribution is 0.0953. The highest BCUT2D eigenvalue weighted by Gasteiger charge is 2.11. The molecule has 0 fully saturated rings. The van der Waals surface area contributed by atoms with E-state index in [-0.39, 0.29) is 5.91 Å². The fourth-order valence-electron chi connectivity index (χ4n) is 1.48. The van der Waals surface area contributed by atoms with Gasteiger partial charge < -0.3 is 10.2 Å². The van der Waals surface area contributed by atoms with E-state index in [0.29, 0.717) is 17.2 Å². The van der Waals surface area contributed by atoms with Gasteiger partial charge in [-0.3, -0.25) is 4.79 Å². The SMILES string of the molecule is Cc1ncsc1C(=O)NCc1nccc(N(C)C)n1. The number of thiazole rings is 1. The number of carbonyl (C=O) groups is 1. The normalized spacial score (nSPS) is 10.3. The van der Waals surface area contributed by atoms with Gasteiger partial charge in [-0.25, -0.2) is 15.0 Å². The van der Waals surface area contributed by atoms with Crippen LogP contribution < -0.4 is 10.2 Å². The maximum atomic E-state index is 11.9. The summed E-state index contributed by atoms with van der Waals surface area (Å²) in [7, 11) is 3.82. The average molecular weight is 277 g/mol. The van der Waals surface area contributed by atoms with Crippen molar-refractivity contribution in [2.45, 2.75) is 13.5 Å². The fourth-order valence-corrected chi connectivity index (χ4v) is 2.20. The molecule has 2 rings (SSSR count). The Morgan fingerprint density at radius 3 is 2.84 bits per heavy atom. The summed E-state index contributed by atoms with van der Waals surface area (Å²) in [4.78, 5) is 26.9. The molecule has 2 aromatic rings. The molecule has 0 aliphatic carbocycles. The van der Waals surface area contributed by atoms with E-state index < -0.39 is 0 Å². The van der Waals surface area contributed by atoms with Crippen LogP contribution in [0, 0.1) is 6.92 Å². The summed E-state index contributed by atoms with van der Waals surface area (Å²) in [5.41, 5.74) is 2.40. The minimum Gasteiger partial charge on any atom is -0.363 e. The smallest absolute Gasteiger partial charge is 0.263 e. The largest absolute Gasteiger partial charge is 0.363 e. The van der Waals surface area contributed by atoms with Gasteiger partial charge in [0.05, 0.1) is 17.7 Å². The Morgan fingerprint density at radius 2 is 2.21 bits per heavy atom. The quantitative estimate of drug-likeness (QED) is 0.910. The molecule has 0 aliphatic heterocycles. The monoisotopic (exact) mass is 277 g/mol. The first-order valence-electron chi connectivity index (χ1n) is 5.75. The van der Waals surface area contributed by atoms with Gasteiger partial charge in [-0.1, -0.05) is 0 Å². The lowest BCUT2D eigenvalue weighted by atomic mass is 10.3. The van der Waals surface area contributed by atoms with Crippen LogP contribution in [0.3, 0.4) is 0 Å². The zero-order valence-corrected chi connectivity index (χ0v) is 11.9. The molecule has 19 heavy (non-hydrogen) atoms. The minimum atomic E-state index is -0.140. The van der Waals surface area contributed by atoms with Crippen molar-refractivity contribution < 1.29 is 4.79 Å². The molecule has 6 nitrogen and oxygen atoms in total. The predicted molar refractivity (Wildman–Crippen MR) is 74.4 cm³/mol. The van der Waals surface area contributed by atoms with E-state index in [0.717, 1.165) is 11.5 Å². The standard InChI is InChI=1S/C12H15N5OS/c1-8-11(19-7-15-8)12(18)14-6-9-13-5-4-10(16-9)17(2)3/h4-5,7H,6H2,1-3H3,(H,14,18). The Morgan fingerprint density at radius 1 is 1.42 bits per heavy atom. The zero-order valence-electron chi connectivity index (χ0n) is 11.0. The molecular weight excluding hydrogens is 262 g/mol. The van der Waals surface area contributed by atoms with E-state index in [1.165, 1.54) is 11.3 Å². The molecule has 0 atom stereocenters. The first-order valence-corrected chi connectivity index (χ1v) is 6.63. The Kier molecular flexibility index (Phi) is 4.06. The molecule has 0 saturated heterocycles. The van der Waals surface area contributed by atoms with Gasteiger partial charge in [0.1, 0.15) is 16.5 Å². The number of aryl methyl sites for hydroxylation is 1. The van der Waals surface area contributed by atoms with E-state index in [4.69, 9.17) is 0 Å². The highest BCUT2D eigenvalue weighted by Crippen LogP contribution is 2.12. The van der Waals surface area contributed by atoms with Crippen LogP contribution in [0.5, 0.6) is 0 Å². The summed E-state index contributed by atoms with van der Waals surface area (Å²) in [6, 6.07) is 1.82. The number of hydrogen-bond acceptors (Lipinski definition) is 6. The molecule has 1 amide bonds. The van der Waals surface area contributed by atoms with Crippen LogP contribution in [0.2, 0.25) is 0 Å². The Hall–Kier alpha value is -2.02. The molecule has 0 radical (unpaired) electrons. The van der Waals surface area contributed by atoms with Gasteiger partial charge in [-0.05, 0) is 13.0 Å². The first-order chi connectivity index (χ1) is 9.08. The van der Waals surface area contributed by atoms with Crippen molar-refractivity contribution in [1.29, 1.82) is 0 Å². The number of anilines is 1. The second-order valence-electron chi connectivity index (χ2n) is 4.18. The average Bonchev–Trinajstić information content (AvgIpc) is 2.82. The molecule has 0 saturated carbocycles. The number of rotatable bonds is 4. The second kappa shape index (κ2) is 5.75. The number of nitrogens with zero attached hydrogens (tertiary/aromatic N) is 4. The second-order valence-corrected chi connectivity index (χ2v) is 5.03. The lowest BCUT2D eigenvalue weighted by Gasteiger charge is -2.11. The van der Waals surface area contributed by atoms with Gasteiger partial charge in [0, 0.05) is 20.3 Å². The third kappa shape index (κ3) is 3.25. The molecule has 2 heterocycles. The summed E-state index contributed by atoms with van der Waals surface area (Å²) >= 11 is 1.33. The number of amides is 1. The summed E-state index contributed by atoms with van der Waals surface area (Å²) < 4.78 is 0. The maximum Gasteiger partial charge on any atom is 0.263 e. The first kappa shape index (κ1) is 13.4. The highest BCUT2D eigenvalue weighted by atomic mass is 32.1. The summed E-state index contributed by atoms with van der Waals surface area (Å²) in [6.45, 7) is 2.12. The summed E-state index contributed by atoms with van der Waals surface area (Å²) in [6.07, 6.45) is 1.68. The third-order valence-corrected chi connectivity index (χ3v) is 3.44. The molecule has 0 aliphatic rings. The molecule has 0 aromatic carbocycles. The molecule has 100 valence electrons. The molecular formula is C12H15N5OS. The van der Waals surface area contributed by atoms with Crippen molar-refractivity contribution in [3.05, 3.63) is 34.2 Å². The number of hydrogen-bond donors (Lipinski definition) is 1. The molecule has 1 N–H and O–H groups in total. The van der Waals surface area contributed by atoms with Gasteiger partial charge in [0.25, 0.3) is 5.91 Å². The minimum absolute atomic E-state index is 0.140. The van der Waals surface area contributed by atoms with E-state index in [9.17, 15) is 4.79 Å². The molecule has 0 bridgehead atoms. The van der Waals surface area contributed by atoms with Gasteiger partial charge in [-0.2, -0.15) is 0 Å². The van der Waals surface area contributed by atoms with Crippen LogP contribution in [0.25, 0.3) is 0 Å². The van der Waals surface area contributed by atoms with Gasteiger partial charge >= 0.3 is 0 Å². The maximum absolute atomic E-state index is 11.9. The zero-order chi connectivity index (χ0) is 13.8. The van der Waals surface area contributed by atoms with Crippen LogP contribution in [0.15, 0.2) is 17.8 Å². The summed E-state index contributed by atoms with van der Waals surface area (Å²) in [5, 5.41) is 2.80. The number of aromatic nitrogens is 3. The van der Waals surface area contributed by atoms with Crippen molar-refractivity contribution in [2.75, 3.05) is 19.0 Å². The van der Waals surface area contributed by atoms with Gasteiger partial charge in [0.2, 0.25) is 0 Å². The van der Waals surface area contributed by atoms with Crippen molar-refractivity contribution in [2.24, 2.45) is 0 Å². The van der Waals surface area contributed by atoms with Crippen molar-refractivity contribution in [3.63, 3.8) is 0 Å². The van der Waals surface area contributed by atoms with Crippen molar-refractivity contribution in [3.8, 4) is 0 Å². The number of carbonyl (C=O) groups excluding carboxylic acids is 1. The van der Waals surface area contributed by atoms with Crippen LogP contribution in [0.4, 0.5) is 5.82 Å². The third-order valence-electron chi connectivity index (χ3n) is 2.51. The summed E-state index contributed by atoms with van der Waals surface area (Å²) in [5.74, 6) is 1.26. The van der Waals surface area contributed by atoms with E-state index in [1.807, 2.05) is 32.0 Å². The van der Waals surface area contributed by atoms with Crippen LogP contribution in [-0.2, 0) is 6.54 Å². The fraction of sp³-hybridized carbons (Fsp3) is 0.333. The molecule has 0 spiro atoms. The van der Waals surface area contributed by atoms with Crippen molar-refractivity contribution >= 4 is 23.1 Å². The van der Waals surface area contributed by atoms with Crippen molar-refractivity contribution in [1.82, 2.24) is 20.3 Å². The van der Waals surface area contributed by atoms with E-state index in [2.05, 4.69) is 20.3 Å². The topological polar surface area (TPSA) is 71.0 Å². The highest BCUT2D eigenvalue weighted by molar-refractivity contribution is 7.11. The van der Waals surface area contributed by atoms with Crippen LogP contribution in [0.1, 0.15) is 21.2 Å². The lowest BCUT2D eigenvalue weighted by Crippen LogP contribution is -2.24.